The molecule has 0 unspecified atom stereocenters. The number of benzene rings is 2. The van der Waals surface area contributed by atoms with Crippen molar-refractivity contribution in [1.82, 2.24) is 0 Å². The van der Waals surface area contributed by atoms with Crippen LogP contribution in [0.3, 0.4) is 0 Å². The van der Waals surface area contributed by atoms with Crippen LogP contribution >= 0.6 is 34.8 Å². The number of ether oxygens (including phenoxy) is 2. The van der Waals surface area contributed by atoms with Crippen LogP contribution in [-0.4, -0.2) is 5.97 Å². The van der Waals surface area contributed by atoms with Crippen molar-refractivity contribution in [3.63, 3.8) is 0 Å². The van der Waals surface area contributed by atoms with Gasteiger partial charge in [0.15, 0.2) is 0 Å². The molecule has 0 atom stereocenters. The van der Waals surface area contributed by atoms with Gasteiger partial charge in [-0.3, -0.25) is 4.79 Å². The summed E-state index contributed by atoms with van der Waals surface area (Å²) in [6.45, 7) is 5.67. The number of rotatable bonds is 6. The SMILES string of the molecule is CCC(=O)OC(C)(C)c1cc(COc2cc(Cl)cc(Cl)c2)ccc1Cl. The van der Waals surface area contributed by atoms with E-state index in [9.17, 15) is 4.79 Å². The van der Waals surface area contributed by atoms with Gasteiger partial charge >= 0.3 is 5.97 Å². The van der Waals surface area contributed by atoms with Crippen LogP contribution in [0.1, 0.15) is 38.3 Å². The van der Waals surface area contributed by atoms with Crippen LogP contribution in [-0.2, 0) is 21.7 Å². The Balaban J connectivity index is 2.19. The predicted molar refractivity (Wildman–Crippen MR) is 102 cm³/mol. The maximum Gasteiger partial charge on any atom is 0.306 e. The van der Waals surface area contributed by atoms with Gasteiger partial charge in [0.05, 0.1) is 0 Å². The second-order valence-corrected chi connectivity index (χ2v) is 7.33. The molecule has 134 valence electrons. The Labute approximate surface area is 162 Å². The molecule has 0 aliphatic carbocycles. The summed E-state index contributed by atoms with van der Waals surface area (Å²) >= 11 is 18.2. The first kappa shape index (κ1) is 19.9. The van der Waals surface area contributed by atoms with Crippen molar-refractivity contribution in [2.45, 2.75) is 39.4 Å². The number of halogens is 3. The van der Waals surface area contributed by atoms with Crippen LogP contribution in [0.2, 0.25) is 15.1 Å². The molecule has 25 heavy (non-hydrogen) atoms. The molecule has 0 aliphatic rings. The Morgan fingerprint density at radius 2 is 1.68 bits per heavy atom. The second kappa shape index (κ2) is 8.31. The second-order valence-electron chi connectivity index (χ2n) is 6.05. The molecule has 0 aliphatic heterocycles. The standard InChI is InChI=1S/C19H19Cl3O3/c1-4-18(23)25-19(2,3)16-7-12(5-6-17(16)22)11-24-15-9-13(20)8-14(21)10-15/h5-10H,4,11H2,1-3H3. The zero-order valence-corrected chi connectivity index (χ0v) is 16.5. The zero-order chi connectivity index (χ0) is 18.6. The third-order valence-corrected chi connectivity index (χ3v) is 4.34. The first-order chi connectivity index (χ1) is 11.7. The first-order valence-corrected chi connectivity index (χ1v) is 8.94. The molecule has 0 saturated heterocycles. The topological polar surface area (TPSA) is 35.5 Å². The lowest BCUT2D eigenvalue weighted by molar-refractivity contribution is -0.157. The van der Waals surface area contributed by atoms with Gasteiger partial charge in [-0.1, -0.05) is 47.8 Å². The van der Waals surface area contributed by atoms with Gasteiger partial charge in [0.2, 0.25) is 0 Å². The highest BCUT2D eigenvalue weighted by molar-refractivity contribution is 6.34. The van der Waals surface area contributed by atoms with E-state index in [1.807, 2.05) is 26.0 Å². The quantitative estimate of drug-likeness (QED) is 0.524. The molecule has 2 rings (SSSR count). The summed E-state index contributed by atoms with van der Waals surface area (Å²) in [4.78, 5) is 11.7. The van der Waals surface area contributed by atoms with E-state index in [0.717, 1.165) is 11.1 Å². The van der Waals surface area contributed by atoms with Gasteiger partial charge in [0.25, 0.3) is 0 Å². The molecule has 0 N–H and O–H groups in total. The Kier molecular flexibility index (Phi) is 6.61. The first-order valence-electron chi connectivity index (χ1n) is 7.81. The normalized spacial score (nSPS) is 11.3. The predicted octanol–water partition coefficient (Wildman–Crippen LogP) is 6.41. The van der Waals surface area contributed by atoms with Crippen LogP contribution in [0.15, 0.2) is 36.4 Å². The molecule has 0 fully saturated rings. The van der Waals surface area contributed by atoms with Crippen molar-refractivity contribution < 1.29 is 14.3 Å². The van der Waals surface area contributed by atoms with E-state index in [0.29, 0.717) is 33.8 Å². The van der Waals surface area contributed by atoms with E-state index in [2.05, 4.69) is 0 Å². The number of esters is 1. The van der Waals surface area contributed by atoms with Crippen molar-refractivity contribution >= 4 is 40.8 Å². The summed E-state index contributed by atoms with van der Waals surface area (Å²) in [5.41, 5.74) is 0.775. The third-order valence-electron chi connectivity index (χ3n) is 3.58. The highest BCUT2D eigenvalue weighted by atomic mass is 35.5. The Bertz CT molecular complexity index is 752. The van der Waals surface area contributed by atoms with Gasteiger partial charge in [-0.25, -0.2) is 0 Å². The van der Waals surface area contributed by atoms with E-state index >= 15 is 0 Å². The van der Waals surface area contributed by atoms with Crippen LogP contribution in [0.4, 0.5) is 0 Å². The van der Waals surface area contributed by atoms with E-state index in [1.165, 1.54) is 0 Å². The molecule has 0 spiro atoms. The van der Waals surface area contributed by atoms with Crippen molar-refractivity contribution in [2.75, 3.05) is 0 Å². The Hall–Kier alpha value is -1.42. The van der Waals surface area contributed by atoms with Gasteiger partial charge in [0, 0.05) is 27.1 Å². The van der Waals surface area contributed by atoms with Gasteiger partial charge in [-0.2, -0.15) is 0 Å². The smallest absolute Gasteiger partial charge is 0.306 e. The maximum atomic E-state index is 11.7. The van der Waals surface area contributed by atoms with Gasteiger partial charge in [0.1, 0.15) is 18.0 Å². The van der Waals surface area contributed by atoms with Crippen molar-refractivity contribution in [3.05, 3.63) is 62.6 Å². The fourth-order valence-corrected chi connectivity index (χ4v) is 3.16. The molecule has 0 aromatic heterocycles. The highest BCUT2D eigenvalue weighted by Gasteiger charge is 2.27. The molecule has 2 aromatic rings. The minimum Gasteiger partial charge on any atom is -0.489 e. The van der Waals surface area contributed by atoms with E-state index in [4.69, 9.17) is 44.3 Å². The molecular weight excluding hydrogens is 383 g/mol. The largest absolute Gasteiger partial charge is 0.489 e. The summed E-state index contributed by atoms with van der Waals surface area (Å²) in [7, 11) is 0. The summed E-state index contributed by atoms with van der Waals surface area (Å²) in [5, 5.41) is 1.54. The molecule has 0 heterocycles. The average Bonchev–Trinajstić information content (AvgIpc) is 2.52. The summed E-state index contributed by atoms with van der Waals surface area (Å²) in [6.07, 6.45) is 0.305. The number of carbonyl (C=O) groups is 1. The minimum absolute atomic E-state index is 0.281. The molecule has 2 aromatic carbocycles. The van der Waals surface area contributed by atoms with Gasteiger partial charge < -0.3 is 9.47 Å². The fraction of sp³-hybridized carbons (Fsp3) is 0.316. The zero-order valence-electron chi connectivity index (χ0n) is 14.2. The van der Waals surface area contributed by atoms with Gasteiger partial charge in [-0.15, -0.1) is 0 Å². The molecule has 0 saturated carbocycles. The highest BCUT2D eigenvalue weighted by Crippen LogP contribution is 2.33. The molecule has 0 bridgehead atoms. The van der Waals surface area contributed by atoms with E-state index < -0.39 is 5.60 Å². The lowest BCUT2D eigenvalue weighted by Crippen LogP contribution is -2.25. The van der Waals surface area contributed by atoms with Crippen molar-refractivity contribution in [3.8, 4) is 5.75 Å². The lowest BCUT2D eigenvalue weighted by atomic mass is 9.96. The summed E-state index contributed by atoms with van der Waals surface area (Å²) in [6, 6.07) is 10.5. The van der Waals surface area contributed by atoms with Gasteiger partial charge in [-0.05, 0) is 49.7 Å². The average molecular weight is 402 g/mol. The number of carbonyl (C=O) groups excluding carboxylic acids is 1. The van der Waals surface area contributed by atoms with Crippen LogP contribution in [0.5, 0.6) is 5.75 Å². The van der Waals surface area contributed by atoms with E-state index in [-0.39, 0.29) is 5.97 Å². The number of hydrogen-bond acceptors (Lipinski definition) is 3. The van der Waals surface area contributed by atoms with E-state index in [1.54, 1.807) is 31.2 Å². The lowest BCUT2D eigenvalue weighted by Gasteiger charge is -2.27. The van der Waals surface area contributed by atoms with Crippen molar-refractivity contribution in [1.29, 1.82) is 0 Å². The van der Waals surface area contributed by atoms with Crippen LogP contribution < -0.4 is 4.74 Å². The van der Waals surface area contributed by atoms with Crippen LogP contribution in [0, 0.1) is 0 Å². The molecule has 3 nitrogen and oxygen atoms in total. The van der Waals surface area contributed by atoms with Crippen molar-refractivity contribution in [2.24, 2.45) is 0 Å². The fourth-order valence-electron chi connectivity index (χ4n) is 2.31. The molecule has 6 heteroatoms. The number of hydrogen-bond donors (Lipinski definition) is 0. The Morgan fingerprint density at radius 3 is 2.28 bits per heavy atom. The maximum absolute atomic E-state index is 11.7. The Morgan fingerprint density at radius 1 is 1.04 bits per heavy atom. The molecular formula is C19H19Cl3O3. The molecule has 0 amide bonds. The van der Waals surface area contributed by atoms with Crippen LogP contribution in [0.25, 0.3) is 0 Å². The summed E-state index contributed by atoms with van der Waals surface area (Å²) in [5.74, 6) is 0.293. The summed E-state index contributed by atoms with van der Waals surface area (Å²) < 4.78 is 11.2. The third kappa shape index (κ3) is 5.53. The minimum atomic E-state index is -0.834. The molecule has 0 radical (unpaired) electrons. The monoisotopic (exact) mass is 400 g/mol.